The van der Waals surface area contributed by atoms with E-state index in [2.05, 4.69) is 5.32 Å². The second-order valence-electron chi connectivity index (χ2n) is 10.4. The Balaban J connectivity index is 1.90. The van der Waals surface area contributed by atoms with E-state index in [0.29, 0.717) is 22.4 Å². The molecule has 2 heterocycles. The van der Waals surface area contributed by atoms with Crippen molar-refractivity contribution in [3.63, 3.8) is 0 Å². The molecule has 1 aliphatic carbocycles. The lowest BCUT2D eigenvalue weighted by atomic mass is 9.93. The van der Waals surface area contributed by atoms with Gasteiger partial charge in [0.05, 0.1) is 22.7 Å². The third-order valence-corrected chi connectivity index (χ3v) is 8.22. The highest BCUT2D eigenvalue weighted by Crippen LogP contribution is 2.42. The number of aromatic nitrogens is 1. The Labute approximate surface area is 226 Å². The van der Waals surface area contributed by atoms with E-state index >= 15 is 0 Å². The van der Waals surface area contributed by atoms with E-state index in [9.17, 15) is 22.4 Å². The largest absolute Gasteiger partial charge is 0.421 e. The molecule has 9 heteroatoms. The van der Waals surface area contributed by atoms with Gasteiger partial charge in [0.15, 0.2) is 15.4 Å². The molecular weight excluding hydrogens is 519 g/mol. The molecule has 0 amide bonds. The normalized spacial score (nSPS) is 13.7. The summed E-state index contributed by atoms with van der Waals surface area (Å²) in [4.78, 5) is 27.4. The average molecular weight is 551 g/mol. The summed E-state index contributed by atoms with van der Waals surface area (Å²) in [5, 5.41) is 3.23. The zero-order chi connectivity index (χ0) is 28.2. The number of pyridine rings is 1. The standard InChI is InChI=1S/C30H31FN2O5S/c1-6-21-27(32-24-13-10-16(2)14-23(24)31)26-28(38-30(21)35)25(18(4)33(29(26)34)20-11-12-20)22-9-7-8-19(17(22)3)15-39(5,36)37/h7-10,13-14,20,32H,6,11-12,15H2,1-5H3. The molecule has 1 aliphatic rings. The molecule has 1 saturated carbocycles. The van der Waals surface area contributed by atoms with E-state index in [1.54, 1.807) is 42.7 Å². The van der Waals surface area contributed by atoms with Crippen molar-refractivity contribution in [3.8, 4) is 11.1 Å². The predicted molar refractivity (Wildman–Crippen MR) is 152 cm³/mol. The Morgan fingerprint density at radius 3 is 2.44 bits per heavy atom. The van der Waals surface area contributed by atoms with E-state index in [1.807, 2.05) is 19.9 Å². The molecule has 39 heavy (non-hydrogen) atoms. The molecule has 0 unspecified atom stereocenters. The second kappa shape index (κ2) is 9.79. The van der Waals surface area contributed by atoms with Crippen LogP contribution in [0.3, 0.4) is 0 Å². The van der Waals surface area contributed by atoms with Crippen LogP contribution in [0, 0.1) is 26.6 Å². The average Bonchev–Trinajstić information content (AvgIpc) is 3.67. The molecule has 4 aromatic rings. The van der Waals surface area contributed by atoms with Gasteiger partial charge in [0.1, 0.15) is 11.2 Å². The first-order valence-corrected chi connectivity index (χ1v) is 15.0. The fourth-order valence-electron chi connectivity index (χ4n) is 5.31. The smallest absolute Gasteiger partial charge is 0.341 e. The molecule has 7 nitrogen and oxygen atoms in total. The first kappa shape index (κ1) is 26.9. The fraction of sp³-hybridized carbons (Fsp3) is 0.333. The summed E-state index contributed by atoms with van der Waals surface area (Å²) in [6.07, 6.45) is 3.13. The third-order valence-electron chi connectivity index (χ3n) is 7.39. The molecule has 0 atom stereocenters. The summed E-state index contributed by atoms with van der Waals surface area (Å²) >= 11 is 0. The van der Waals surface area contributed by atoms with Gasteiger partial charge in [-0.3, -0.25) is 4.79 Å². The van der Waals surface area contributed by atoms with Gasteiger partial charge in [-0.15, -0.1) is 0 Å². The Kier molecular flexibility index (Phi) is 6.74. The number of aryl methyl sites for hydroxylation is 1. The lowest BCUT2D eigenvalue weighted by Gasteiger charge is -2.21. The highest BCUT2D eigenvalue weighted by atomic mass is 32.2. The number of nitrogens with one attached hydrogen (secondary N) is 1. The number of benzene rings is 2. The molecule has 204 valence electrons. The van der Waals surface area contributed by atoms with Crippen LogP contribution in [0.15, 0.2) is 50.4 Å². The minimum absolute atomic E-state index is 0.00104. The number of anilines is 2. The van der Waals surface area contributed by atoms with E-state index < -0.39 is 21.3 Å². The van der Waals surface area contributed by atoms with Gasteiger partial charge in [-0.1, -0.05) is 31.2 Å². The van der Waals surface area contributed by atoms with Gasteiger partial charge in [0, 0.05) is 23.6 Å². The van der Waals surface area contributed by atoms with Crippen LogP contribution in [0.1, 0.15) is 53.8 Å². The van der Waals surface area contributed by atoms with Crippen LogP contribution in [0.5, 0.6) is 0 Å². The maximum atomic E-state index is 14.9. The van der Waals surface area contributed by atoms with Gasteiger partial charge >= 0.3 is 5.63 Å². The van der Waals surface area contributed by atoms with Crippen molar-refractivity contribution in [2.45, 2.75) is 58.8 Å². The van der Waals surface area contributed by atoms with Gasteiger partial charge < -0.3 is 14.3 Å². The zero-order valence-electron chi connectivity index (χ0n) is 22.6. The van der Waals surface area contributed by atoms with Crippen LogP contribution < -0.4 is 16.5 Å². The number of hydrogen-bond acceptors (Lipinski definition) is 6. The van der Waals surface area contributed by atoms with Crippen molar-refractivity contribution in [2.75, 3.05) is 11.6 Å². The number of hydrogen-bond donors (Lipinski definition) is 1. The molecule has 0 radical (unpaired) electrons. The summed E-state index contributed by atoms with van der Waals surface area (Å²) in [5.74, 6) is -0.646. The van der Waals surface area contributed by atoms with Crippen molar-refractivity contribution >= 4 is 32.2 Å². The van der Waals surface area contributed by atoms with Gasteiger partial charge in [-0.25, -0.2) is 17.6 Å². The molecule has 1 N–H and O–H groups in total. The molecule has 0 saturated heterocycles. The molecule has 0 bridgehead atoms. The first-order chi connectivity index (χ1) is 18.4. The van der Waals surface area contributed by atoms with Gasteiger partial charge in [-0.05, 0) is 74.4 Å². The predicted octanol–water partition coefficient (Wildman–Crippen LogP) is 5.87. The van der Waals surface area contributed by atoms with E-state index in [1.165, 1.54) is 12.3 Å². The maximum absolute atomic E-state index is 14.9. The molecule has 2 aromatic carbocycles. The van der Waals surface area contributed by atoms with E-state index in [-0.39, 0.29) is 51.7 Å². The zero-order valence-corrected chi connectivity index (χ0v) is 23.5. The summed E-state index contributed by atoms with van der Waals surface area (Å²) in [6.45, 7) is 7.20. The molecule has 2 aromatic heterocycles. The highest BCUT2D eigenvalue weighted by Gasteiger charge is 2.32. The van der Waals surface area contributed by atoms with Crippen LogP contribution in [0.25, 0.3) is 22.1 Å². The SMILES string of the molecule is CCc1c(Nc2ccc(C)cc2F)c2c(=O)n(C3CC3)c(C)c(-c3cccc(CS(C)(=O)=O)c3C)c2oc1=O. The maximum Gasteiger partial charge on any atom is 0.341 e. The van der Waals surface area contributed by atoms with Crippen LogP contribution in [0.2, 0.25) is 0 Å². The van der Waals surface area contributed by atoms with Gasteiger partial charge in [0.25, 0.3) is 5.56 Å². The number of fused-ring (bicyclic) bond motifs is 1. The summed E-state index contributed by atoms with van der Waals surface area (Å²) in [5.41, 5.74) is 3.74. The molecule has 5 rings (SSSR count). The summed E-state index contributed by atoms with van der Waals surface area (Å²) < 4.78 is 46.8. The van der Waals surface area contributed by atoms with Crippen LogP contribution >= 0.6 is 0 Å². The monoisotopic (exact) mass is 550 g/mol. The molecule has 1 fully saturated rings. The number of nitrogens with zero attached hydrogens (tertiary/aromatic N) is 1. The van der Waals surface area contributed by atoms with Crippen LogP contribution in [0.4, 0.5) is 15.8 Å². The van der Waals surface area contributed by atoms with Crippen LogP contribution in [-0.2, 0) is 22.0 Å². The second-order valence-corrected chi connectivity index (χ2v) is 12.6. The van der Waals surface area contributed by atoms with Crippen molar-refractivity contribution in [2.24, 2.45) is 0 Å². The summed E-state index contributed by atoms with van der Waals surface area (Å²) in [7, 11) is -3.31. The van der Waals surface area contributed by atoms with Crippen LogP contribution in [-0.4, -0.2) is 19.2 Å². The highest BCUT2D eigenvalue weighted by molar-refractivity contribution is 7.89. The third kappa shape index (κ3) is 4.91. The first-order valence-electron chi connectivity index (χ1n) is 13.0. The minimum atomic E-state index is -3.31. The Bertz CT molecular complexity index is 1870. The lowest BCUT2D eigenvalue weighted by molar-refractivity contribution is 0.549. The number of sulfone groups is 1. The topological polar surface area (TPSA) is 98.4 Å². The lowest BCUT2D eigenvalue weighted by Crippen LogP contribution is -2.25. The minimum Gasteiger partial charge on any atom is -0.421 e. The summed E-state index contributed by atoms with van der Waals surface area (Å²) in [6, 6.07) is 10.1. The van der Waals surface area contributed by atoms with E-state index in [0.717, 1.165) is 24.0 Å². The van der Waals surface area contributed by atoms with Crippen molar-refractivity contribution in [1.29, 1.82) is 0 Å². The van der Waals surface area contributed by atoms with Gasteiger partial charge in [0.2, 0.25) is 0 Å². The molecular formula is C30H31FN2O5S. The van der Waals surface area contributed by atoms with Crippen molar-refractivity contribution < 1.29 is 17.2 Å². The van der Waals surface area contributed by atoms with E-state index in [4.69, 9.17) is 4.42 Å². The van der Waals surface area contributed by atoms with Gasteiger partial charge in [-0.2, -0.15) is 0 Å². The Hall–Kier alpha value is -3.72. The number of halogens is 1. The molecule has 0 spiro atoms. The molecule has 0 aliphatic heterocycles. The Morgan fingerprint density at radius 1 is 1.10 bits per heavy atom. The quantitative estimate of drug-likeness (QED) is 0.309. The van der Waals surface area contributed by atoms with Crippen molar-refractivity contribution in [3.05, 3.63) is 90.9 Å². The Morgan fingerprint density at radius 2 is 1.82 bits per heavy atom. The van der Waals surface area contributed by atoms with Crippen molar-refractivity contribution in [1.82, 2.24) is 4.57 Å². The fourth-order valence-corrected chi connectivity index (χ4v) is 6.19. The number of rotatable bonds is 7.